The highest BCUT2D eigenvalue weighted by Gasteiger charge is 2.08. The quantitative estimate of drug-likeness (QED) is 0.428. The summed E-state index contributed by atoms with van der Waals surface area (Å²) >= 11 is 7.34. The molecule has 0 unspecified atom stereocenters. The number of hydrogen-bond donors (Lipinski definition) is 0. The number of furan rings is 1. The molecule has 0 amide bonds. The fourth-order valence-corrected chi connectivity index (χ4v) is 3.02. The molecule has 0 saturated heterocycles. The first-order valence-corrected chi connectivity index (χ1v) is 8.48. The van der Waals surface area contributed by atoms with Crippen LogP contribution in [-0.4, -0.2) is 4.98 Å². The van der Waals surface area contributed by atoms with E-state index in [0.717, 1.165) is 22.8 Å². The average Bonchev–Trinajstić information content (AvgIpc) is 3.22. The van der Waals surface area contributed by atoms with E-state index in [-0.39, 0.29) is 0 Å². The van der Waals surface area contributed by atoms with Crippen molar-refractivity contribution in [2.75, 3.05) is 0 Å². The van der Waals surface area contributed by atoms with E-state index in [1.807, 2.05) is 54.8 Å². The fraction of sp³-hybridized carbons (Fsp3) is 0.0526. The van der Waals surface area contributed by atoms with Gasteiger partial charge >= 0.3 is 0 Å². The number of rotatable bonds is 4. The summed E-state index contributed by atoms with van der Waals surface area (Å²) in [6, 6.07) is 13.4. The standard InChI is InChI=1S/C19H13ClN2OS/c1-13-5-10-17(23-13)4-2-3-15(11-21)19-22-18(12-24-19)14-6-8-16(20)9-7-14/h2-10,12H,1H3/b4-2+,15-3-. The van der Waals surface area contributed by atoms with Gasteiger partial charge in [0, 0.05) is 16.0 Å². The largest absolute Gasteiger partial charge is 0.462 e. The van der Waals surface area contributed by atoms with Crippen molar-refractivity contribution >= 4 is 34.6 Å². The number of thiazole rings is 1. The zero-order valence-electron chi connectivity index (χ0n) is 12.9. The number of aromatic nitrogens is 1. The Hall–Kier alpha value is -2.61. The van der Waals surface area contributed by atoms with Crippen LogP contribution in [0.1, 0.15) is 16.5 Å². The van der Waals surface area contributed by atoms with Crippen molar-refractivity contribution in [3.8, 4) is 17.3 Å². The minimum Gasteiger partial charge on any atom is -0.462 e. The van der Waals surface area contributed by atoms with Gasteiger partial charge in [-0.25, -0.2) is 4.98 Å². The summed E-state index contributed by atoms with van der Waals surface area (Å²) < 4.78 is 5.45. The van der Waals surface area contributed by atoms with Crippen LogP contribution in [0, 0.1) is 18.3 Å². The second-order valence-corrected chi connectivity index (χ2v) is 6.34. The second-order valence-electron chi connectivity index (χ2n) is 5.04. The molecule has 0 spiro atoms. The highest BCUT2D eigenvalue weighted by atomic mass is 35.5. The minimum absolute atomic E-state index is 0.514. The lowest BCUT2D eigenvalue weighted by Gasteiger charge is -1.96. The summed E-state index contributed by atoms with van der Waals surface area (Å²) in [5, 5.41) is 12.7. The molecule has 0 N–H and O–H groups in total. The summed E-state index contributed by atoms with van der Waals surface area (Å²) in [6.45, 7) is 1.89. The number of hydrogen-bond acceptors (Lipinski definition) is 4. The zero-order chi connectivity index (χ0) is 16.9. The SMILES string of the molecule is Cc1ccc(/C=C/C=C(/C#N)c2nc(-c3ccc(Cl)cc3)cs2)o1. The third kappa shape index (κ3) is 3.83. The van der Waals surface area contributed by atoms with Crippen LogP contribution in [0.4, 0.5) is 0 Å². The molecule has 0 bridgehead atoms. The predicted molar refractivity (Wildman–Crippen MR) is 98.6 cm³/mol. The van der Waals surface area contributed by atoms with Crippen molar-refractivity contribution in [3.63, 3.8) is 0 Å². The Morgan fingerprint density at radius 2 is 2.04 bits per heavy atom. The second kappa shape index (κ2) is 7.31. The molecular formula is C19H13ClN2OS. The van der Waals surface area contributed by atoms with Crippen molar-refractivity contribution in [3.05, 3.63) is 75.5 Å². The molecule has 3 rings (SSSR count). The molecule has 0 aliphatic rings. The maximum atomic E-state index is 9.37. The molecule has 2 heterocycles. The van der Waals surface area contributed by atoms with Crippen molar-refractivity contribution in [2.45, 2.75) is 6.92 Å². The summed E-state index contributed by atoms with van der Waals surface area (Å²) in [4.78, 5) is 4.54. The minimum atomic E-state index is 0.514. The van der Waals surface area contributed by atoms with E-state index in [1.54, 1.807) is 12.2 Å². The lowest BCUT2D eigenvalue weighted by molar-refractivity contribution is 0.525. The van der Waals surface area contributed by atoms with E-state index >= 15 is 0 Å². The molecule has 0 aliphatic heterocycles. The van der Waals surface area contributed by atoms with Gasteiger partial charge in [0.1, 0.15) is 22.6 Å². The third-order valence-electron chi connectivity index (χ3n) is 3.28. The van der Waals surface area contributed by atoms with E-state index in [2.05, 4.69) is 11.1 Å². The number of nitrogens with zero attached hydrogens (tertiary/aromatic N) is 2. The Bertz CT molecular complexity index is 942. The number of aryl methyl sites for hydroxylation is 1. The molecule has 0 radical (unpaired) electrons. The van der Waals surface area contributed by atoms with E-state index < -0.39 is 0 Å². The Kier molecular flexibility index (Phi) is 4.95. The maximum absolute atomic E-state index is 9.37. The third-order valence-corrected chi connectivity index (χ3v) is 4.41. The highest BCUT2D eigenvalue weighted by molar-refractivity contribution is 7.11. The highest BCUT2D eigenvalue weighted by Crippen LogP contribution is 2.27. The topological polar surface area (TPSA) is 49.8 Å². The van der Waals surface area contributed by atoms with Gasteiger partial charge in [0.25, 0.3) is 0 Å². The first kappa shape index (κ1) is 16.3. The molecule has 5 heteroatoms. The van der Waals surface area contributed by atoms with Crippen LogP contribution in [0.15, 0.2) is 58.3 Å². The molecular weight excluding hydrogens is 340 g/mol. The van der Waals surface area contributed by atoms with E-state index in [4.69, 9.17) is 16.0 Å². The Labute approximate surface area is 149 Å². The van der Waals surface area contributed by atoms with Gasteiger partial charge in [0.05, 0.1) is 11.3 Å². The molecule has 1 aromatic carbocycles. The molecule has 0 saturated carbocycles. The number of halogens is 1. The first-order chi connectivity index (χ1) is 11.7. The van der Waals surface area contributed by atoms with Crippen molar-refractivity contribution in [1.82, 2.24) is 4.98 Å². The number of benzene rings is 1. The Morgan fingerprint density at radius 3 is 2.71 bits per heavy atom. The lowest BCUT2D eigenvalue weighted by Crippen LogP contribution is -1.81. The first-order valence-electron chi connectivity index (χ1n) is 7.22. The normalized spacial score (nSPS) is 11.8. The van der Waals surface area contributed by atoms with Gasteiger partial charge in [0.15, 0.2) is 0 Å². The van der Waals surface area contributed by atoms with Gasteiger partial charge in [-0.15, -0.1) is 11.3 Å². The summed E-state index contributed by atoms with van der Waals surface area (Å²) in [5.74, 6) is 1.61. The molecule has 24 heavy (non-hydrogen) atoms. The molecule has 0 fully saturated rings. The maximum Gasteiger partial charge on any atom is 0.134 e. The summed E-state index contributed by atoms with van der Waals surface area (Å²) in [7, 11) is 0. The van der Waals surface area contributed by atoms with Crippen molar-refractivity contribution in [2.24, 2.45) is 0 Å². The zero-order valence-corrected chi connectivity index (χ0v) is 14.4. The van der Waals surface area contributed by atoms with Crippen LogP contribution in [-0.2, 0) is 0 Å². The molecule has 3 aromatic rings. The smallest absolute Gasteiger partial charge is 0.134 e. The average molecular weight is 353 g/mol. The van der Waals surface area contributed by atoms with Crippen molar-refractivity contribution in [1.29, 1.82) is 5.26 Å². The van der Waals surface area contributed by atoms with Gasteiger partial charge < -0.3 is 4.42 Å². The molecule has 0 atom stereocenters. The van der Waals surface area contributed by atoms with Gasteiger partial charge in [-0.3, -0.25) is 0 Å². The van der Waals surface area contributed by atoms with Crippen LogP contribution in [0.2, 0.25) is 5.02 Å². The van der Waals surface area contributed by atoms with Gasteiger partial charge in [-0.2, -0.15) is 5.26 Å². The van der Waals surface area contributed by atoms with Gasteiger partial charge in [0.2, 0.25) is 0 Å². The van der Waals surface area contributed by atoms with Gasteiger partial charge in [-0.1, -0.05) is 29.8 Å². The van der Waals surface area contributed by atoms with Crippen LogP contribution < -0.4 is 0 Å². The van der Waals surface area contributed by atoms with E-state index in [0.29, 0.717) is 15.6 Å². The van der Waals surface area contributed by atoms with Crippen LogP contribution >= 0.6 is 22.9 Å². The molecule has 118 valence electrons. The summed E-state index contributed by atoms with van der Waals surface area (Å²) in [5.41, 5.74) is 2.32. The Morgan fingerprint density at radius 1 is 1.25 bits per heavy atom. The predicted octanol–water partition coefficient (Wildman–Crippen LogP) is 5.99. The van der Waals surface area contributed by atoms with Crippen LogP contribution in [0.5, 0.6) is 0 Å². The Balaban J connectivity index is 1.81. The fourth-order valence-electron chi connectivity index (χ4n) is 2.09. The lowest BCUT2D eigenvalue weighted by atomic mass is 10.2. The molecule has 3 nitrogen and oxygen atoms in total. The molecule has 0 aliphatic carbocycles. The monoisotopic (exact) mass is 352 g/mol. The summed E-state index contributed by atoms with van der Waals surface area (Å²) in [6.07, 6.45) is 5.35. The van der Waals surface area contributed by atoms with Gasteiger partial charge in [-0.05, 0) is 43.3 Å². The van der Waals surface area contributed by atoms with Crippen molar-refractivity contribution < 1.29 is 4.42 Å². The van der Waals surface area contributed by atoms with Crippen LogP contribution in [0.25, 0.3) is 22.9 Å². The number of allylic oxidation sites excluding steroid dienone is 3. The van der Waals surface area contributed by atoms with Crippen LogP contribution in [0.3, 0.4) is 0 Å². The number of nitriles is 1. The van der Waals surface area contributed by atoms with E-state index in [1.165, 1.54) is 11.3 Å². The van der Waals surface area contributed by atoms with E-state index in [9.17, 15) is 5.26 Å². The molecule has 2 aromatic heterocycles.